The number of nitrogens with zero attached hydrogens (tertiary/aromatic N) is 1. The highest BCUT2D eigenvalue weighted by molar-refractivity contribution is 5.29. The van der Waals surface area contributed by atoms with E-state index in [0.29, 0.717) is 18.6 Å². The van der Waals surface area contributed by atoms with Crippen LogP contribution in [0, 0.1) is 6.92 Å². The Morgan fingerprint density at radius 1 is 1.21 bits per heavy atom. The van der Waals surface area contributed by atoms with Gasteiger partial charge in [-0.1, -0.05) is 44.5 Å². The predicted octanol–water partition coefficient (Wildman–Crippen LogP) is 3.90. The van der Waals surface area contributed by atoms with E-state index in [1.165, 1.54) is 30.4 Å². The standard InChI is InChI=1S/C17H30N2/c1-5-7-12-19(15(4)6-2)17(13-18)16-11-9-8-10-14(16)3/h8-11,15,17H,5-7,12-13,18H2,1-4H3. The normalized spacial score (nSPS) is 14.6. The minimum Gasteiger partial charge on any atom is -0.329 e. The highest BCUT2D eigenvalue weighted by Gasteiger charge is 2.23. The van der Waals surface area contributed by atoms with E-state index in [9.17, 15) is 0 Å². The highest BCUT2D eigenvalue weighted by atomic mass is 15.2. The fraction of sp³-hybridized carbons (Fsp3) is 0.647. The molecular formula is C17H30N2. The van der Waals surface area contributed by atoms with Gasteiger partial charge in [-0.2, -0.15) is 0 Å². The molecule has 0 saturated carbocycles. The van der Waals surface area contributed by atoms with Gasteiger partial charge in [-0.25, -0.2) is 0 Å². The molecule has 19 heavy (non-hydrogen) atoms. The molecule has 0 amide bonds. The van der Waals surface area contributed by atoms with E-state index >= 15 is 0 Å². The fourth-order valence-corrected chi connectivity index (χ4v) is 2.66. The number of hydrogen-bond donors (Lipinski definition) is 1. The summed E-state index contributed by atoms with van der Waals surface area (Å²) >= 11 is 0. The quantitative estimate of drug-likeness (QED) is 0.770. The van der Waals surface area contributed by atoms with E-state index in [1.54, 1.807) is 0 Å². The Bertz CT molecular complexity index is 362. The molecule has 2 heteroatoms. The third-order valence-corrected chi connectivity index (χ3v) is 4.10. The summed E-state index contributed by atoms with van der Waals surface area (Å²) in [6.07, 6.45) is 3.65. The van der Waals surface area contributed by atoms with Gasteiger partial charge in [-0.05, 0) is 44.4 Å². The lowest BCUT2D eigenvalue weighted by Gasteiger charge is -2.36. The van der Waals surface area contributed by atoms with Crippen LogP contribution in [0.1, 0.15) is 57.2 Å². The van der Waals surface area contributed by atoms with Crippen molar-refractivity contribution in [3.63, 3.8) is 0 Å². The Hall–Kier alpha value is -0.860. The second-order valence-electron chi connectivity index (χ2n) is 5.46. The maximum absolute atomic E-state index is 6.10. The minimum absolute atomic E-state index is 0.350. The molecule has 2 nitrogen and oxygen atoms in total. The minimum atomic E-state index is 0.350. The lowest BCUT2D eigenvalue weighted by molar-refractivity contribution is 0.140. The van der Waals surface area contributed by atoms with Gasteiger partial charge in [0.15, 0.2) is 0 Å². The fourth-order valence-electron chi connectivity index (χ4n) is 2.66. The van der Waals surface area contributed by atoms with Crippen molar-refractivity contribution in [2.24, 2.45) is 5.73 Å². The topological polar surface area (TPSA) is 29.3 Å². The Balaban J connectivity index is 2.98. The average Bonchev–Trinajstić information content (AvgIpc) is 2.44. The number of hydrogen-bond acceptors (Lipinski definition) is 2. The van der Waals surface area contributed by atoms with Crippen LogP contribution in [0.2, 0.25) is 0 Å². The van der Waals surface area contributed by atoms with E-state index in [2.05, 4.69) is 56.9 Å². The van der Waals surface area contributed by atoms with Gasteiger partial charge in [0, 0.05) is 18.6 Å². The summed E-state index contributed by atoms with van der Waals surface area (Å²) in [6.45, 7) is 10.8. The van der Waals surface area contributed by atoms with Crippen molar-refractivity contribution in [1.82, 2.24) is 4.90 Å². The first-order valence-electron chi connectivity index (χ1n) is 7.66. The molecule has 0 fully saturated rings. The smallest absolute Gasteiger partial charge is 0.0475 e. The Labute approximate surface area is 119 Å². The molecule has 0 aliphatic heterocycles. The highest BCUT2D eigenvalue weighted by Crippen LogP contribution is 2.26. The zero-order valence-electron chi connectivity index (χ0n) is 13.0. The van der Waals surface area contributed by atoms with Crippen LogP contribution in [0.15, 0.2) is 24.3 Å². The number of unbranched alkanes of at least 4 members (excludes halogenated alkanes) is 1. The van der Waals surface area contributed by atoms with Gasteiger partial charge in [0.2, 0.25) is 0 Å². The molecule has 0 aliphatic carbocycles. The number of nitrogens with two attached hydrogens (primary N) is 1. The molecule has 0 aliphatic rings. The van der Waals surface area contributed by atoms with Gasteiger partial charge in [-0.3, -0.25) is 4.90 Å². The zero-order chi connectivity index (χ0) is 14.3. The average molecular weight is 262 g/mol. The van der Waals surface area contributed by atoms with E-state index in [1.807, 2.05) is 0 Å². The van der Waals surface area contributed by atoms with Crippen LogP contribution in [0.3, 0.4) is 0 Å². The van der Waals surface area contributed by atoms with Crippen LogP contribution >= 0.6 is 0 Å². The molecule has 0 aromatic heterocycles. The van der Waals surface area contributed by atoms with E-state index in [0.717, 1.165) is 6.54 Å². The molecule has 2 N–H and O–H groups in total. The summed E-state index contributed by atoms with van der Waals surface area (Å²) < 4.78 is 0. The van der Waals surface area contributed by atoms with Crippen LogP contribution in [-0.2, 0) is 0 Å². The molecule has 1 aromatic carbocycles. The summed E-state index contributed by atoms with van der Waals surface area (Å²) in [5.41, 5.74) is 8.84. The lowest BCUT2D eigenvalue weighted by Crippen LogP contribution is -2.40. The first-order valence-corrected chi connectivity index (χ1v) is 7.66. The third kappa shape index (κ3) is 4.32. The second kappa shape index (κ2) is 8.34. The Kier molecular flexibility index (Phi) is 7.11. The van der Waals surface area contributed by atoms with E-state index in [-0.39, 0.29) is 0 Å². The van der Waals surface area contributed by atoms with Crippen molar-refractivity contribution in [3.05, 3.63) is 35.4 Å². The summed E-state index contributed by atoms with van der Waals surface area (Å²) in [5.74, 6) is 0. The van der Waals surface area contributed by atoms with Crippen molar-refractivity contribution in [2.45, 2.75) is 59.0 Å². The zero-order valence-corrected chi connectivity index (χ0v) is 13.0. The summed E-state index contributed by atoms with van der Waals surface area (Å²) in [6, 6.07) is 9.58. The number of aryl methyl sites for hydroxylation is 1. The van der Waals surface area contributed by atoms with Crippen LogP contribution < -0.4 is 5.73 Å². The predicted molar refractivity (Wildman–Crippen MR) is 84.3 cm³/mol. The molecule has 2 unspecified atom stereocenters. The largest absolute Gasteiger partial charge is 0.329 e. The van der Waals surface area contributed by atoms with Crippen LogP contribution in [0.5, 0.6) is 0 Å². The van der Waals surface area contributed by atoms with Gasteiger partial charge in [0.25, 0.3) is 0 Å². The van der Waals surface area contributed by atoms with Crippen molar-refractivity contribution >= 4 is 0 Å². The number of rotatable bonds is 8. The SMILES string of the molecule is CCCCN(C(C)CC)C(CN)c1ccccc1C. The third-order valence-electron chi connectivity index (χ3n) is 4.10. The number of benzene rings is 1. The summed E-state index contributed by atoms with van der Waals surface area (Å²) in [7, 11) is 0. The van der Waals surface area contributed by atoms with Gasteiger partial charge >= 0.3 is 0 Å². The molecule has 0 radical (unpaired) electrons. The van der Waals surface area contributed by atoms with E-state index < -0.39 is 0 Å². The van der Waals surface area contributed by atoms with Gasteiger partial charge in [-0.15, -0.1) is 0 Å². The molecule has 108 valence electrons. The maximum atomic E-state index is 6.10. The first kappa shape index (κ1) is 16.2. The second-order valence-corrected chi connectivity index (χ2v) is 5.46. The molecule has 0 spiro atoms. The van der Waals surface area contributed by atoms with Crippen LogP contribution in [-0.4, -0.2) is 24.0 Å². The summed E-state index contributed by atoms with van der Waals surface area (Å²) in [5, 5.41) is 0. The monoisotopic (exact) mass is 262 g/mol. The van der Waals surface area contributed by atoms with E-state index in [4.69, 9.17) is 5.73 Å². The van der Waals surface area contributed by atoms with Gasteiger partial charge in [0.05, 0.1) is 0 Å². The Morgan fingerprint density at radius 3 is 2.42 bits per heavy atom. The van der Waals surface area contributed by atoms with Gasteiger partial charge in [0.1, 0.15) is 0 Å². The van der Waals surface area contributed by atoms with Crippen LogP contribution in [0.4, 0.5) is 0 Å². The van der Waals surface area contributed by atoms with Crippen molar-refractivity contribution in [2.75, 3.05) is 13.1 Å². The van der Waals surface area contributed by atoms with Crippen molar-refractivity contribution in [1.29, 1.82) is 0 Å². The maximum Gasteiger partial charge on any atom is 0.0475 e. The summed E-state index contributed by atoms with van der Waals surface area (Å²) in [4.78, 5) is 2.59. The van der Waals surface area contributed by atoms with Gasteiger partial charge < -0.3 is 5.73 Å². The molecule has 0 saturated heterocycles. The Morgan fingerprint density at radius 2 is 1.89 bits per heavy atom. The van der Waals surface area contributed by atoms with Crippen LogP contribution in [0.25, 0.3) is 0 Å². The molecule has 0 heterocycles. The molecule has 0 bridgehead atoms. The lowest BCUT2D eigenvalue weighted by atomic mass is 9.98. The molecule has 1 aromatic rings. The molecule has 2 atom stereocenters. The van der Waals surface area contributed by atoms with Crippen molar-refractivity contribution < 1.29 is 0 Å². The molecular weight excluding hydrogens is 232 g/mol. The first-order chi connectivity index (χ1) is 9.15. The molecule has 1 rings (SSSR count). The van der Waals surface area contributed by atoms with Crippen molar-refractivity contribution in [3.8, 4) is 0 Å².